The number of nitrogens with one attached hydrogen (secondary N) is 1. The molecule has 2 aromatic carbocycles. The fourth-order valence-corrected chi connectivity index (χ4v) is 4.89. The number of thiophene rings is 1. The first-order valence-corrected chi connectivity index (χ1v) is 11.7. The average Bonchev–Trinajstić information content (AvgIpc) is 3.54. The molecule has 2 atom stereocenters. The van der Waals surface area contributed by atoms with Gasteiger partial charge >= 0.3 is 0 Å². The van der Waals surface area contributed by atoms with Crippen LogP contribution in [0.25, 0.3) is 0 Å². The summed E-state index contributed by atoms with van der Waals surface area (Å²) in [6, 6.07) is 17.6. The second-order valence-electron chi connectivity index (χ2n) is 7.96. The Balaban J connectivity index is 1.44. The Labute approximate surface area is 191 Å². The number of fused-ring (bicyclic) bond motifs is 1. The number of ether oxygens (including phenoxy) is 3. The predicted octanol–water partition coefficient (Wildman–Crippen LogP) is 5.08. The Hall–Kier alpha value is -3.03. The number of hydrogen-bond acceptors (Lipinski definition) is 6. The molecule has 3 heterocycles. The van der Waals surface area contributed by atoms with Gasteiger partial charge < -0.3 is 24.4 Å². The molecule has 1 N–H and O–H groups in total. The van der Waals surface area contributed by atoms with E-state index in [1.165, 1.54) is 0 Å². The molecular weight excluding hydrogens is 424 g/mol. The van der Waals surface area contributed by atoms with Gasteiger partial charge in [0, 0.05) is 23.7 Å². The maximum atomic E-state index is 13.4. The van der Waals surface area contributed by atoms with E-state index >= 15 is 0 Å². The Morgan fingerprint density at radius 2 is 2.06 bits per heavy atom. The number of carbonyl (C=O) groups is 1. The highest BCUT2D eigenvalue weighted by atomic mass is 32.1. The molecule has 0 radical (unpaired) electrons. The van der Waals surface area contributed by atoms with Crippen molar-refractivity contribution in [2.24, 2.45) is 0 Å². The van der Waals surface area contributed by atoms with Gasteiger partial charge in [-0.05, 0) is 54.1 Å². The van der Waals surface area contributed by atoms with Gasteiger partial charge in [-0.15, -0.1) is 11.3 Å². The van der Waals surface area contributed by atoms with Crippen molar-refractivity contribution < 1.29 is 19.0 Å². The summed E-state index contributed by atoms with van der Waals surface area (Å²) < 4.78 is 17.5. The summed E-state index contributed by atoms with van der Waals surface area (Å²) >= 11 is 1.66. The number of benzene rings is 2. The number of methoxy groups -OCH3 is 1. The first kappa shape index (κ1) is 20.8. The molecule has 2 aliphatic heterocycles. The van der Waals surface area contributed by atoms with Gasteiger partial charge in [0.05, 0.1) is 18.8 Å². The summed E-state index contributed by atoms with van der Waals surface area (Å²) in [5, 5.41) is 5.58. The van der Waals surface area contributed by atoms with E-state index < -0.39 is 0 Å². The molecule has 3 aromatic rings. The first-order chi connectivity index (χ1) is 15.7. The van der Waals surface area contributed by atoms with Crippen molar-refractivity contribution in [3.63, 3.8) is 0 Å². The molecular formula is C25H26N2O4S. The molecule has 1 amide bonds. The molecule has 1 saturated heterocycles. The zero-order valence-electron chi connectivity index (χ0n) is 18.0. The van der Waals surface area contributed by atoms with Gasteiger partial charge in [0.1, 0.15) is 12.8 Å². The lowest BCUT2D eigenvalue weighted by Crippen LogP contribution is -2.46. The van der Waals surface area contributed by atoms with Crippen molar-refractivity contribution in [2.45, 2.75) is 31.7 Å². The summed E-state index contributed by atoms with van der Waals surface area (Å²) in [6.45, 7) is 1.79. The fourth-order valence-electron chi connectivity index (χ4n) is 4.27. The van der Waals surface area contributed by atoms with Crippen LogP contribution in [0.1, 0.15) is 39.8 Å². The molecule has 0 saturated carbocycles. The Morgan fingerprint density at radius 3 is 2.84 bits per heavy atom. The van der Waals surface area contributed by atoms with Crippen molar-refractivity contribution in [1.29, 1.82) is 0 Å². The van der Waals surface area contributed by atoms with Crippen LogP contribution in [0, 0.1) is 0 Å². The van der Waals surface area contributed by atoms with Crippen molar-refractivity contribution in [3.8, 4) is 11.5 Å². The molecule has 5 rings (SSSR count). The van der Waals surface area contributed by atoms with Crippen molar-refractivity contribution in [2.75, 3.05) is 25.6 Å². The van der Waals surface area contributed by atoms with Crippen LogP contribution in [0.5, 0.6) is 11.5 Å². The number of rotatable bonds is 7. The van der Waals surface area contributed by atoms with E-state index in [1.54, 1.807) is 18.4 Å². The number of para-hydroxylation sites is 1. The SMILES string of the molecule is COc1cc(C2Nc3ccccc3C(=O)N2CC2CCCO2)ccc1OCc1cccs1. The molecule has 1 fully saturated rings. The average molecular weight is 451 g/mol. The van der Waals surface area contributed by atoms with Crippen LogP contribution in [-0.2, 0) is 11.3 Å². The third-order valence-electron chi connectivity index (χ3n) is 5.90. The molecule has 7 heteroatoms. The van der Waals surface area contributed by atoms with E-state index in [9.17, 15) is 4.79 Å². The lowest BCUT2D eigenvalue weighted by atomic mass is 10.0. The van der Waals surface area contributed by atoms with Crippen LogP contribution >= 0.6 is 11.3 Å². The predicted molar refractivity (Wildman–Crippen MR) is 124 cm³/mol. The molecule has 2 aliphatic rings. The van der Waals surface area contributed by atoms with Gasteiger partial charge in [0.15, 0.2) is 11.5 Å². The van der Waals surface area contributed by atoms with Crippen molar-refractivity contribution in [1.82, 2.24) is 4.90 Å². The monoisotopic (exact) mass is 450 g/mol. The van der Waals surface area contributed by atoms with Gasteiger partial charge in [0.2, 0.25) is 0 Å². The van der Waals surface area contributed by atoms with Crippen LogP contribution in [-0.4, -0.2) is 37.2 Å². The molecule has 0 spiro atoms. The summed E-state index contributed by atoms with van der Waals surface area (Å²) in [4.78, 5) is 16.4. The number of nitrogens with zero attached hydrogens (tertiary/aromatic N) is 1. The minimum absolute atomic E-state index is 0.0110. The fraction of sp³-hybridized carbons (Fsp3) is 0.320. The van der Waals surface area contributed by atoms with Gasteiger partial charge in [-0.3, -0.25) is 4.79 Å². The number of carbonyl (C=O) groups excluding carboxylic acids is 1. The van der Waals surface area contributed by atoms with E-state index in [0.717, 1.165) is 35.6 Å². The highest BCUT2D eigenvalue weighted by molar-refractivity contribution is 7.09. The lowest BCUT2D eigenvalue weighted by molar-refractivity contribution is 0.0426. The van der Waals surface area contributed by atoms with Gasteiger partial charge in [0.25, 0.3) is 5.91 Å². The Morgan fingerprint density at radius 1 is 1.16 bits per heavy atom. The maximum Gasteiger partial charge on any atom is 0.257 e. The number of hydrogen-bond donors (Lipinski definition) is 1. The largest absolute Gasteiger partial charge is 0.493 e. The number of amides is 1. The van der Waals surface area contributed by atoms with E-state index in [1.807, 2.05) is 64.9 Å². The topological polar surface area (TPSA) is 60.0 Å². The molecule has 32 heavy (non-hydrogen) atoms. The Kier molecular flexibility index (Phi) is 6.01. The zero-order valence-corrected chi connectivity index (χ0v) is 18.8. The highest BCUT2D eigenvalue weighted by Crippen LogP contribution is 2.37. The minimum Gasteiger partial charge on any atom is -0.493 e. The molecule has 2 unspecified atom stereocenters. The van der Waals surface area contributed by atoms with Gasteiger partial charge in [-0.25, -0.2) is 0 Å². The second kappa shape index (κ2) is 9.22. The van der Waals surface area contributed by atoms with Gasteiger partial charge in [-0.2, -0.15) is 0 Å². The molecule has 0 bridgehead atoms. The van der Waals surface area contributed by atoms with E-state index in [0.29, 0.717) is 30.2 Å². The third-order valence-corrected chi connectivity index (χ3v) is 6.75. The normalized spacial score (nSPS) is 20.0. The highest BCUT2D eigenvalue weighted by Gasteiger charge is 2.35. The maximum absolute atomic E-state index is 13.4. The Bertz CT molecular complexity index is 1080. The van der Waals surface area contributed by atoms with E-state index in [2.05, 4.69) is 5.32 Å². The zero-order chi connectivity index (χ0) is 21.9. The van der Waals surface area contributed by atoms with Crippen LogP contribution in [0.4, 0.5) is 5.69 Å². The van der Waals surface area contributed by atoms with Crippen molar-refractivity contribution in [3.05, 3.63) is 76.0 Å². The molecule has 6 nitrogen and oxygen atoms in total. The van der Waals surface area contributed by atoms with Crippen LogP contribution < -0.4 is 14.8 Å². The molecule has 1 aromatic heterocycles. The first-order valence-electron chi connectivity index (χ1n) is 10.8. The summed E-state index contributed by atoms with van der Waals surface area (Å²) in [5.41, 5.74) is 2.46. The smallest absolute Gasteiger partial charge is 0.257 e. The standard InChI is InChI=1S/C25H26N2O4S/c1-29-23-14-17(10-11-22(23)31-16-19-7-5-13-32-19)24-26-21-9-3-2-8-20(21)25(28)27(24)15-18-6-4-12-30-18/h2-3,5,7-11,13-14,18,24,26H,4,6,12,15-16H2,1H3. The summed E-state index contributed by atoms with van der Waals surface area (Å²) in [6.07, 6.45) is 1.74. The van der Waals surface area contributed by atoms with Crippen LogP contribution in [0.3, 0.4) is 0 Å². The van der Waals surface area contributed by atoms with Crippen LogP contribution in [0.2, 0.25) is 0 Å². The molecule has 166 valence electrons. The summed E-state index contributed by atoms with van der Waals surface area (Å²) in [7, 11) is 1.63. The minimum atomic E-state index is -0.318. The van der Waals surface area contributed by atoms with E-state index in [4.69, 9.17) is 14.2 Å². The number of anilines is 1. The second-order valence-corrected chi connectivity index (χ2v) is 9.00. The van der Waals surface area contributed by atoms with Crippen LogP contribution in [0.15, 0.2) is 60.0 Å². The van der Waals surface area contributed by atoms with Crippen molar-refractivity contribution >= 4 is 22.9 Å². The molecule has 0 aliphatic carbocycles. The quantitative estimate of drug-likeness (QED) is 0.544. The van der Waals surface area contributed by atoms with E-state index in [-0.39, 0.29) is 18.2 Å². The third kappa shape index (κ3) is 4.18. The lowest BCUT2D eigenvalue weighted by Gasteiger charge is -2.39. The summed E-state index contributed by atoms with van der Waals surface area (Å²) in [5.74, 6) is 1.33. The van der Waals surface area contributed by atoms with Gasteiger partial charge in [-0.1, -0.05) is 24.3 Å².